The minimum atomic E-state index is -0.0733. The highest BCUT2D eigenvalue weighted by atomic mass is 19.1. The molecule has 1 fully saturated rings. The second kappa shape index (κ2) is 7.21. The number of benzene rings is 1. The van der Waals surface area contributed by atoms with Crippen molar-refractivity contribution in [2.45, 2.75) is 58.9 Å². The van der Waals surface area contributed by atoms with E-state index in [0.717, 1.165) is 30.0 Å². The summed E-state index contributed by atoms with van der Waals surface area (Å²) in [5.41, 5.74) is 1.86. The van der Waals surface area contributed by atoms with E-state index in [0.29, 0.717) is 12.0 Å². The quantitative estimate of drug-likeness (QED) is 0.771. The molecule has 1 aromatic carbocycles. The molecule has 0 spiro atoms. The van der Waals surface area contributed by atoms with Gasteiger partial charge in [-0.1, -0.05) is 38.8 Å². The van der Waals surface area contributed by atoms with Crippen molar-refractivity contribution in [3.8, 4) is 0 Å². The zero-order valence-corrected chi connectivity index (χ0v) is 13.1. The first-order valence-corrected chi connectivity index (χ1v) is 8.15. The lowest BCUT2D eigenvalue weighted by Gasteiger charge is -2.26. The van der Waals surface area contributed by atoms with Gasteiger partial charge in [-0.15, -0.1) is 0 Å². The Labute approximate surface area is 123 Å². The van der Waals surface area contributed by atoms with E-state index in [1.807, 2.05) is 13.0 Å². The standard InChI is InChI=1S/C18H28FN/c1-4-10-20-18(15-9-7-14(5-2)11-15)16-8-6-13(3)17(19)12-16/h6,8,12,14-15,18,20H,4-5,7,9-11H2,1-3H3. The third-order valence-corrected chi connectivity index (χ3v) is 4.80. The molecule has 1 nitrogen and oxygen atoms in total. The highest BCUT2D eigenvalue weighted by Gasteiger charge is 2.30. The summed E-state index contributed by atoms with van der Waals surface area (Å²) in [5, 5.41) is 3.65. The van der Waals surface area contributed by atoms with Gasteiger partial charge in [0.2, 0.25) is 0 Å². The molecule has 2 heteroatoms. The number of rotatable bonds is 6. The molecule has 0 aliphatic heterocycles. The number of halogens is 1. The van der Waals surface area contributed by atoms with E-state index in [2.05, 4.69) is 25.2 Å². The van der Waals surface area contributed by atoms with Crippen LogP contribution in [0.5, 0.6) is 0 Å². The first-order valence-electron chi connectivity index (χ1n) is 8.15. The third kappa shape index (κ3) is 3.60. The van der Waals surface area contributed by atoms with Crippen LogP contribution in [0.25, 0.3) is 0 Å². The molecule has 3 unspecified atom stereocenters. The average Bonchev–Trinajstić information content (AvgIpc) is 2.92. The van der Waals surface area contributed by atoms with Crippen molar-refractivity contribution in [3.05, 3.63) is 35.1 Å². The molecule has 1 aliphatic carbocycles. The van der Waals surface area contributed by atoms with E-state index in [1.165, 1.54) is 25.7 Å². The van der Waals surface area contributed by atoms with Crippen molar-refractivity contribution in [2.75, 3.05) is 6.54 Å². The summed E-state index contributed by atoms with van der Waals surface area (Å²) in [6.07, 6.45) is 6.29. The fourth-order valence-electron chi connectivity index (χ4n) is 3.45. The van der Waals surface area contributed by atoms with Crippen LogP contribution in [0.4, 0.5) is 4.39 Å². The van der Waals surface area contributed by atoms with Crippen molar-refractivity contribution in [1.82, 2.24) is 5.32 Å². The van der Waals surface area contributed by atoms with Crippen molar-refractivity contribution >= 4 is 0 Å². The van der Waals surface area contributed by atoms with Gasteiger partial charge in [0.15, 0.2) is 0 Å². The molecular weight excluding hydrogens is 249 g/mol. The van der Waals surface area contributed by atoms with E-state index in [4.69, 9.17) is 0 Å². The molecule has 0 heterocycles. The fraction of sp³-hybridized carbons (Fsp3) is 0.667. The van der Waals surface area contributed by atoms with Crippen LogP contribution in [0.3, 0.4) is 0 Å². The van der Waals surface area contributed by atoms with Gasteiger partial charge in [-0.25, -0.2) is 4.39 Å². The van der Waals surface area contributed by atoms with Crippen LogP contribution < -0.4 is 5.32 Å². The zero-order valence-electron chi connectivity index (χ0n) is 13.1. The van der Waals surface area contributed by atoms with E-state index in [-0.39, 0.29) is 5.82 Å². The molecule has 0 saturated heterocycles. The summed E-state index contributed by atoms with van der Waals surface area (Å²) < 4.78 is 13.9. The maximum Gasteiger partial charge on any atom is 0.126 e. The summed E-state index contributed by atoms with van der Waals surface area (Å²) in [7, 11) is 0. The van der Waals surface area contributed by atoms with Crippen LogP contribution in [0.2, 0.25) is 0 Å². The summed E-state index contributed by atoms with van der Waals surface area (Å²) >= 11 is 0. The normalized spacial score (nSPS) is 24.0. The van der Waals surface area contributed by atoms with Crippen molar-refractivity contribution in [3.63, 3.8) is 0 Å². The lowest BCUT2D eigenvalue weighted by Crippen LogP contribution is -2.28. The van der Waals surface area contributed by atoms with Crippen LogP contribution >= 0.6 is 0 Å². The molecule has 1 aliphatic rings. The van der Waals surface area contributed by atoms with E-state index >= 15 is 0 Å². The SMILES string of the molecule is CCCNC(c1ccc(C)c(F)c1)C1CCC(CC)C1. The van der Waals surface area contributed by atoms with Gasteiger partial charge in [0.05, 0.1) is 0 Å². The van der Waals surface area contributed by atoms with E-state index < -0.39 is 0 Å². The Hall–Kier alpha value is -0.890. The van der Waals surface area contributed by atoms with Gasteiger partial charge in [0, 0.05) is 6.04 Å². The minimum Gasteiger partial charge on any atom is -0.310 e. The summed E-state index contributed by atoms with van der Waals surface area (Å²) in [5.74, 6) is 1.45. The highest BCUT2D eigenvalue weighted by Crippen LogP contribution is 2.40. The number of nitrogens with one attached hydrogen (secondary N) is 1. The lowest BCUT2D eigenvalue weighted by molar-refractivity contribution is 0.353. The molecule has 112 valence electrons. The Balaban J connectivity index is 2.16. The summed E-state index contributed by atoms with van der Waals surface area (Å²) in [6.45, 7) is 7.31. The van der Waals surface area contributed by atoms with Gasteiger partial charge in [0.1, 0.15) is 5.82 Å². The number of hydrogen-bond donors (Lipinski definition) is 1. The van der Waals surface area contributed by atoms with Crippen LogP contribution in [-0.2, 0) is 0 Å². The summed E-state index contributed by atoms with van der Waals surface area (Å²) in [6, 6.07) is 6.08. The molecule has 3 atom stereocenters. The first-order chi connectivity index (χ1) is 9.65. The zero-order chi connectivity index (χ0) is 14.5. The van der Waals surface area contributed by atoms with Gasteiger partial charge in [0.25, 0.3) is 0 Å². The molecule has 2 rings (SSSR count). The molecule has 1 aromatic rings. The average molecular weight is 277 g/mol. The highest BCUT2D eigenvalue weighted by molar-refractivity contribution is 5.26. The topological polar surface area (TPSA) is 12.0 Å². The van der Waals surface area contributed by atoms with Gasteiger partial charge >= 0.3 is 0 Å². The maximum absolute atomic E-state index is 13.9. The smallest absolute Gasteiger partial charge is 0.126 e. The Kier molecular flexibility index (Phi) is 5.59. The fourth-order valence-corrected chi connectivity index (χ4v) is 3.45. The molecule has 1 N–H and O–H groups in total. The molecule has 0 bridgehead atoms. The van der Waals surface area contributed by atoms with Crippen LogP contribution in [0.15, 0.2) is 18.2 Å². The van der Waals surface area contributed by atoms with E-state index in [1.54, 1.807) is 6.07 Å². The molecule has 20 heavy (non-hydrogen) atoms. The van der Waals surface area contributed by atoms with Crippen molar-refractivity contribution in [1.29, 1.82) is 0 Å². The molecular formula is C18H28FN. The monoisotopic (exact) mass is 277 g/mol. The summed E-state index contributed by atoms with van der Waals surface area (Å²) in [4.78, 5) is 0. The second-order valence-corrected chi connectivity index (χ2v) is 6.29. The van der Waals surface area contributed by atoms with Crippen molar-refractivity contribution < 1.29 is 4.39 Å². The third-order valence-electron chi connectivity index (χ3n) is 4.80. The predicted molar refractivity (Wildman–Crippen MR) is 83.3 cm³/mol. The lowest BCUT2D eigenvalue weighted by atomic mass is 9.89. The minimum absolute atomic E-state index is 0.0733. The number of aryl methyl sites for hydroxylation is 1. The largest absolute Gasteiger partial charge is 0.310 e. The van der Waals surface area contributed by atoms with Gasteiger partial charge in [-0.2, -0.15) is 0 Å². The van der Waals surface area contributed by atoms with Crippen LogP contribution in [0.1, 0.15) is 63.1 Å². The number of hydrogen-bond acceptors (Lipinski definition) is 1. The molecule has 1 saturated carbocycles. The van der Waals surface area contributed by atoms with Crippen molar-refractivity contribution in [2.24, 2.45) is 11.8 Å². The Morgan fingerprint density at radius 2 is 2.10 bits per heavy atom. The van der Waals surface area contributed by atoms with Gasteiger partial charge in [-0.05, 0) is 61.8 Å². The van der Waals surface area contributed by atoms with E-state index in [9.17, 15) is 4.39 Å². The molecule has 0 radical (unpaired) electrons. The van der Waals surface area contributed by atoms with Crippen LogP contribution in [-0.4, -0.2) is 6.54 Å². The van der Waals surface area contributed by atoms with Gasteiger partial charge < -0.3 is 5.32 Å². The molecule has 0 amide bonds. The van der Waals surface area contributed by atoms with Crippen LogP contribution in [0, 0.1) is 24.6 Å². The second-order valence-electron chi connectivity index (χ2n) is 6.29. The Morgan fingerprint density at radius 3 is 2.70 bits per heavy atom. The maximum atomic E-state index is 13.9. The Bertz CT molecular complexity index is 429. The Morgan fingerprint density at radius 1 is 1.30 bits per heavy atom. The predicted octanol–water partition coefficient (Wildman–Crippen LogP) is 5.00. The molecule has 0 aromatic heterocycles. The van der Waals surface area contributed by atoms with Gasteiger partial charge in [-0.3, -0.25) is 0 Å². The first kappa shape index (κ1) is 15.5.